The summed E-state index contributed by atoms with van der Waals surface area (Å²) in [5.41, 5.74) is 0. The standard InChI is InChI=1S/C7H11F3N2O3.C3H8/c1-2-15-3-5(13)12-6(14)11-4-7(8,9)10;1-3-2/h2-4H2,1H3,(H2,11,12,13,14);3H2,1-2H3. The molecule has 3 amide bonds. The first kappa shape index (κ1) is 19.0. The van der Waals surface area contributed by atoms with Crippen molar-refractivity contribution in [3.63, 3.8) is 0 Å². The third-order valence-electron chi connectivity index (χ3n) is 1.14. The first-order valence-corrected chi connectivity index (χ1v) is 5.48. The maximum atomic E-state index is 11.6. The number of alkyl halides is 3. The molecule has 0 aliphatic rings. The van der Waals surface area contributed by atoms with E-state index in [2.05, 4.69) is 18.6 Å². The lowest BCUT2D eigenvalue weighted by Gasteiger charge is -2.08. The first-order chi connectivity index (χ1) is 8.26. The van der Waals surface area contributed by atoms with Gasteiger partial charge in [0.25, 0.3) is 5.91 Å². The molecular weight excluding hydrogens is 253 g/mol. The summed E-state index contributed by atoms with van der Waals surface area (Å²) >= 11 is 0. The van der Waals surface area contributed by atoms with Gasteiger partial charge >= 0.3 is 12.2 Å². The fraction of sp³-hybridized carbons (Fsp3) is 0.800. The highest BCUT2D eigenvalue weighted by atomic mass is 19.4. The number of carbonyl (C=O) groups is 2. The van der Waals surface area contributed by atoms with Crippen LogP contribution in [0.25, 0.3) is 0 Å². The van der Waals surface area contributed by atoms with E-state index in [1.165, 1.54) is 11.7 Å². The Morgan fingerprint density at radius 2 is 1.67 bits per heavy atom. The number of imide groups is 1. The van der Waals surface area contributed by atoms with Gasteiger partial charge in [-0.3, -0.25) is 10.1 Å². The van der Waals surface area contributed by atoms with Crippen molar-refractivity contribution in [3.8, 4) is 0 Å². The molecule has 5 nitrogen and oxygen atoms in total. The highest BCUT2D eigenvalue weighted by Gasteiger charge is 2.27. The van der Waals surface area contributed by atoms with E-state index >= 15 is 0 Å². The summed E-state index contributed by atoms with van der Waals surface area (Å²) in [4.78, 5) is 21.4. The summed E-state index contributed by atoms with van der Waals surface area (Å²) in [5, 5.41) is 3.15. The Balaban J connectivity index is 0. The van der Waals surface area contributed by atoms with Crippen LogP contribution in [-0.2, 0) is 9.53 Å². The van der Waals surface area contributed by atoms with Crippen LogP contribution in [0.4, 0.5) is 18.0 Å². The third-order valence-corrected chi connectivity index (χ3v) is 1.14. The van der Waals surface area contributed by atoms with Gasteiger partial charge in [0.2, 0.25) is 0 Å². The quantitative estimate of drug-likeness (QED) is 0.820. The van der Waals surface area contributed by atoms with Crippen LogP contribution in [0.2, 0.25) is 0 Å². The fourth-order valence-electron chi connectivity index (χ4n) is 0.582. The van der Waals surface area contributed by atoms with E-state index in [4.69, 9.17) is 0 Å². The zero-order valence-electron chi connectivity index (χ0n) is 10.7. The van der Waals surface area contributed by atoms with Crippen molar-refractivity contribution in [2.75, 3.05) is 19.8 Å². The molecular formula is C10H19F3N2O3. The van der Waals surface area contributed by atoms with Gasteiger partial charge in [0.05, 0.1) is 0 Å². The molecule has 0 saturated carbocycles. The molecule has 0 aromatic heterocycles. The van der Waals surface area contributed by atoms with Gasteiger partial charge in [-0.1, -0.05) is 20.3 Å². The third kappa shape index (κ3) is 17.1. The van der Waals surface area contributed by atoms with Crippen LogP contribution in [0, 0.1) is 0 Å². The van der Waals surface area contributed by atoms with Crippen LogP contribution in [0.5, 0.6) is 0 Å². The van der Waals surface area contributed by atoms with Crippen molar-refractivity contribution in [1.82, 2.24) is 10.6 Å². The molecule has 0 fully saturated rings. The molecule has 0 atom stereocenters. The van der Waals surface area contributed by atoms with Gasteiger partial charge in [0.1, 0.15) is 13.2 Å². The van der Waals surface area contributed by atoms with Crippen LogP contribution >= 0.6 is 0 Å². The smallest absolute Gasteiger partial charge is 0.372 e. The Bertz CT molecular complexity index is 245. The molecule has 0 bridgehead atoms. The number of nitrogens with one attached hydrogen (secondary N) is 2. The van der Waals surface area contributed by atoms with Crippen LogP contribution in [-0.4, -0.2) is 37.9 Å². The van der Waals surface area contributed by atoms with E-state index in [0.29, 0.717) is 0 Å². The minimum absolute atomic E-state index is 0.275. The van der Waals surface area contributed by atoms with Gasteiger partial charge in [-0.05, 0) is 6.92 Å². The topological polar surface area (TPSA) is 67.4 Å². The summed E-state index contributed by atoms with van der Waals surface area (Å²) in [6, 6.07) is -1.20. The van der Waals surface area contributed by atoms with Crippen molar-refractivity contribution in [2.45, 2.75) is 33.4 Å². The molecule has 0 aliphatic carbocycles. The number of carbonyl (C=O) groups excluding carboxylic acids is 2. The van der Waals surface area contributed by atoms with Gasteiger partial charge in [0.15, 0.2) is 0 Å². The molecule has 108 valence electrons. The maximum Gasteiger partial charge on any atom is 0.405 e. The summed E-state index contributed by atoms with van der Waals surface area (Å²) < 4.78 is 39.4. The van der Waals surface area contributed by atoms with E-state index in [0.717, 1.165) is 0 Å². The van der Waals surface area contributed by atoms with Crippen molar-refractivity contribution in [3.05, 3.63) is 0 Å². The van der Waals surface area contributed by atoms with Crippen molar-refractivity contribution in [2.24, 2.45) is 0 Å². The average molecular weight is 272 g/mol. The fourth-order valence-corrected chi connectivity index (χ4v) is 0.582. The van der Waals surface area contributed by atoms with E-state index < -0.39 is 24.7 Å². The lowest BCUT2D eigenvalue weighted by Crippen LogP contribution is -2.44. The molecule has 0 aromatic rings. The summed E-state index contributed by atoms with van der Waals surface area (Å²) in [6.45, 7) is 4.31. The zero-order valence-corrected chi connectivity index (χ0v) is 10.7. The van der Waals surface area contributed by atoms with Crippen LogP contribution in [0.1, 0.15) is 27.2 Å². The number of ether oxygens (including phenoxy) is 1. The molecule has 0 saturated heterocycles. The van der Waals surface area contributed by atoms with Crippen LogP contribution < -0.4 is 10.6 Å². The largest absolute Gasteiger partial charge is 0.405 e. The molecule has 0 rings (SSSR count). The normalized spacial score (nSPS) is 10.1. The van der Waals surface area contributed by atoms with Gasteiger partial charge < -0.3 is 10.1 Å². The first-order valence-electron chi connectivity index (χ1n) is 5.48. The number of halogens is 3. The summed E-state index contributed by atoms with van der Waals surface area (Å²) in [5.74, 6) is -0.795. The number of hydrogen-bond donors (Lipinski definition) is 2. The average Bonchev–Trinajstić information content (AvgIpc) is 2.24. The number of hydrogen-bond acceptors (Lipinski definition) is 3. The van der Waals surface area contributed by atoms with Crippen LogP contribution in [0.15, 0.2) is 0 Å². The van der Waals surface area contributed by atoms with Gasteiger partial charge in [-0.15, -0.1) is 0 Å². The predicted octanol–water partition coefficient (Wildman–Crippen LogP) is 1.83. The molecule has 18 heavy (non-hydrogen) atoms. The van der Waals surface area contributed by atoms with Crippen molar-refractivity contribution in [1.29, 1.82) is 0 Å². The second-order valence-electron chi connectivity index (χ2n) is 3.19. The molecule has 0 spiro atoms. The molecule has 0 unspecified atom stereocenters. The molecule has 0 heterocycles. The SMILES string of the molecule is CCC.CCOCC(=O)NC(=O)NCC(F)(F)F. The van der Waals surface area contributed by atoms with Crippen molar-refractivity contribution >= 4 is 11.9 Å². The van der Waals surface area contributed by atoms with Gasteiger partial charge in [-0.25, -0.2) is 4.79 Å². The number of amides is 3. The Labute approximate surface area is 104 Å². The second kappa shape index (κ2) is 10.8. The highest BCUT2D eigenvalue weighted by molar-refractivity contribution is 5.94. The maximum absolute atomic E-state index is 11.6. The summed E-state index contributed by atoms with van der Waals surface area (Å²) in [6.07, 6.45) is -3.25. The summed E-state index contributed by atoms with van der Waals surface area (Å²) in [7, 11) is 0. The minimum atomic E-state index is -4.50. The number of urea groups is 1. The lowest BCUT2D eigenvalue weighted by atomic mass is 10.6. The molecule has 2 N–H and O–H groups in total. The number of rotatable bonds is 4. The minimum Gasteiger partial charge on any atom is -0.372 e. The van der Waals surface area contributed by atoms with Gasteiger partial charge in [0, 0.05) is 6.61 Å². The Kier molecular flexibility index (Phi) is 11.4. The second-order valence-corrected chi connectivity index (χ2v) is 3.19. The Morgan fingerprint density at radius 1 is 1.17 bits per heavy atom. The predicted molar refractivity (Wildman–Crippen MR) is 60.1 cm³/mol. The van der Waals surface area contributed by atoms with Crippen LogP contribution in [0.3, 0.4) is 0 Å². The van der Waals surface area contributed by atoms with Gasteiger partial charge in [-0.2, -0.15) is 13.2 Å². The van der Waals surface area contributed by atoms with E-state index in [-0.39, 0.29) is 13.2 Å². The Hall–Kier alpha value is -1.31. The highest BCUT2D eigenvalue weighted by Crippen LogP contribution is 2.11. The van der Waals surface area contributed by atoms with E-state index in [1.54, 1.807) is 12.2 Å². The molecule has 0 radical (unpaired) electrons. The Morgan fingerprint density at radius 3 is 2.06 bits per heavy atom. The molecule has 0 aliphatic heterocycles. The molecule has 0 aromatic carbocycles. The molecule has 8 heteroatoms. The van der Waals surface area contributed by atoms with E-state index in [1.807, 2.05) is 0 Å². The van der Waals surface area contributed by atoms with E-state index in [9.17, 15) is 22.8 Å². The lowest BCUT2D eigenvalue weighted by molar-refractivity contribution is -0.126. The monoisotopic (exact) mass is 272 g/mol. The zero-order chi connectivity index (χ0) is 14.6. The van der Waals surface area contributed by atoms with Crippen molar-refractivity contribution < 1.29 is 27.5 Å².